The maximum Gasteiger partial charge on any atom is 0.230 e. The molecular formula is C21H25N5OS2. The summed E-state index contributed by atoms with van der Waals surface area (Å²) in [5.74, 6) is 1.17. The van der Waals surface area contributed by atoms with E-state index in [9.17, 15) is 4.79 Å². The predicted molar refractivity (Wildman–Crippen MR) is 119 cm³/mol. The van der Waals surface area contributed by atoms with Gasteiger partial charge in [-0.3, -0.25) is 9.36 Å². The van der Waals surface area contributed by atoms with Crippen LogP contribution in [-0.2, 0) is 4.79 Å². The van der Waals surface area contributed by atoms with Crippen molar-refractivity contribution in [2.24, 2.45) is 0 Å². The molecule has 8 heteroatoms. The number of piperidine rings is 1. The summed E-state index contributed by atoms with van der Waals surface area (Å²) in [6, 6.07) is 14.1. The molecule has 0 radical (unpaired) electrons. The van der Waals surface area contributed by atoms with Crippen LogP contribution in [0.15, 0.2) is 53.0 Å². The number of likely N-dealkylation sites (tertiary alicyclic amines) is 1. The van der Waals surface area contributed by atoms with Gasteiger partial charge in [-0.15, -0.1) is 21.5 Å². The van der Waals surface area contributed by atoms with E-state index < -0.39 is 0 Å². The number of carbonyl (C=O) groups excluding carboxylic acids is 1. The van der Waals surface area contributed by atoms with Crippen molar-refractivity contribution in [3.63, 3.8) is 0 Å². The van der Waals surface area contributed by atoms with Crippen molar-refractivity contribution < 1.29 is 4.79 Å². The van der Waals surface area contributed by atoms with Crippen LogP contribution in [-0.4, -0.2) is 57.5 Å². The number of thiophene rings is 1. The molecule has 4 rings (SSSR count). The number of aromatic nitrogens is 3. The van der Waals surface area contributed by atoms with Crippen LogP contribution in [0.5, 0.6) is 0 Å². The molecule has 1 aliphatic rings. The highest BCUT2D eigenvalue weighted by atomic mass is 32.2. The van der Waals surface area contributed by atoms with Crippen molar-refractivity contribution in [3.05, 3.63) is 47.8 Å². The van der Waals surface area contributed by atoms with Crippen LogP contribution < -0.4 is 5.32 Å². The van der Waals surface area contributed by atoms with Crippen molar-refractivity contribution in [3.8, 4) is 16.4 Å². The molecule has 152 valence electrons. The first-order valence-electron chi connectivity index (χ1n) is 9.98. The van der Waals surface area contributed by atoms with E-state index in [2.05, 4.69) is 20.4 Å². The van der Waals surface area contributed by atoms with Crippen LogP contribution in [0.3, 0.4) is 0 Å². The van der Waals surface area contributed by atoms with E-state index >= 15 is 0 Å². The zero-order valence-electron chi connectivity index (χ0n) is 16.3. The first kappa shape index (κ1) is 20.1. The Morgan fingerprint density at radius 2 is 1.90 bits per heavy atom. The van der Waals surface area contributed by atoms with Crippen LogP contribution >= 0.6 is 23.1 Å². The molecule has 0 spiro atoms. The Balaban J connectivity index is 1.39. The second-order valence-corrected chi connectivity index (χ2v) is 8.89. The lowest BCUT2D eigenvalue weighted by molar-refractivity contribution is -0.118. The molecule has 1 aliphatic heterocycles. The fraction of sp³-hybridized carbons (Fsp3) is 0.381. The fourth-order valence-electron chi connectivity index (χ4n) is 3.46. The zero-order valence-corrected chi connectivity index (χ0v) is 17.9. The number of nitrogens with zero attached hydrogens (tertiary/aromatic N) is 4. The fourth-order valence-corrected chi connectivity index (χ4v) is 4.94. The summed E-state index contributed by atoms with van der Waals surface area (Å²) < 4.78 is 2.03. The second kappa shape index (κ2) is 10.0. The third-order valence-electron chi connectivity index (χ3n) is 4.92. The molecule has 6 nitrogen and oxygen atoms in total. The highest BCUT2D eigenvalue weighted by molar-refractivity contribution is 7.99. The maximum absolute atomic E-state index is 12.3. The number of amides is 1. The van der Waals surface area contributed by atoms with Gasteiger partial charge in [0.15, 0.2) is 11.0 Å². The average Bonchev–Trinajstić information content (AvgIpc) is 3.43. The van der Waals surface area contributed by atoms with Gasteiger partial charge in [0.1, 0.15) is 0 Å². The smallest absolute Gasteiger partial charge is 0.230 e. The number of benzene rings is 1. The molecule has 1 saturated heterocycles. The number of thioether (sulfide) groups is 1. The van der Waals surface area contributed by atoms with Gasteiger partial charge < -0.3 is 10.2 Å². The number of carbonyl (C=O) groups is 1. The van der Waals surface area contributed by atoms with E-state index in [1.54, 1.807) is 11.3 Å². The van der Waals surface area contributed by atoms with Gasteiger partial charge >= 0.3 is 0 Å². The van der Waals surface area contributed by atoms with Crippen LogP contribution in [0, 0.1) is 0 Å². The highest BCUT2D eigenvalue weighted by Gasteiger charge is 2.18. The zero-order chi connectivity index (χ0) is 19.9. The number of nitrogens with one attached hydrogen (secondary N) is 1. The molecular weight excluding hydrogens is 402 g/mol. The SMILES string of the molecule is O=C(CSc1nnc(-c2cccs2)n1-c1ccccc1)NCCN1CCCCC1. The molecule has 1 amide bonds. The summed E-state index contributed by atoms with van der Waals surface area (Å²) in [6.45, 7) is 3.93. The van der Waals surface area contributed by atoms with Crippen molar-refractivity contribution in [2.45, 2.75) is 24.4 Å². The Morgan fingerprint density at radius 1 is 1.07 bits per heavy atom. The Kier molecular flexibility index (Phi) is 6.97. The Morgan fingerprint density at radius 3 is 2.66 bits per heavy atom. The van der Waals surface area contributed by atoms with E-state index in [1.165, 1.54) is 31.0 Å². The van der Waals surface area contributed by atoms with Crippen LogP contribution in [0.4, 0.5) is 0 Å². The lowest BCUT2D eigenvalue weighted by Crippen LogP contribution is -2.38. The van der Waals surface area contributed by atoms with Crippen molar-refractivity contribution >= 4 is 29.0 Å². The molecule has 3 heterocycles. The molecule has 0 bridgehead atoms. The van der Waals surface area contributed by atoms with Gasteiger partial charge in [-0.25, -0.2) is 0 Å². The number of para-hydroxylation sites is 1. The quantitative estimate of drug-likeness (QED) is 0.556. The van der Waals surface area contributed by atoms with E-state index in [1.807, 2.05) is 52.4 Å². The van der Waals surface area contributed by atoms with Crippen LogP contribution in [0.2, 0.25) is 0 Å². The first-order valence-corrected chi connectivity index (χ1v) is 11.8. The number of hydrogen-bond donors (Lipinski definition) is 1. The highest BCUT2D eigenvalue weighted by Crippen LogP contribution is 2.30. The third-order valence-corrected chi connectivity index (χ3v) is 6.72. The van der Waals surface area contributed by atoms with Crippen LogP contribution in [0.1, 0.15) is 19.3 Å². The van der Waals surface area contributed by atoms with Gasteiger partial charge in [0.25, 0.3) is 0 Å². The van der Waals surface area contributed by atoms with Crippen molar-refractivity contribution in [1.29, 1.82) is 0 Å². The number of hydrogen-bond acceptors (Lipinski definition) is 6. The summed E-state index contributed by atoms with van der Waals surface area (Å²) in [5.41, 5.74) is 0.994. The largest absolute Gasteiger partial charge is 0.354 e. The van der Waals surface area contributed by atoms with Gasteiger partial charge in [-0.2, -0.15) is 0 Å². The second-order valence-electron chi connectivity index (χ2n) is 7.00. The molecule has 1 aromatic carbocycles. The molecule has 1 N–H and O–H groups in total. The summed E-state index contributed by atoms with van der Waals surface area (Å²) in [4.78, 5) is 15.8. The Hall–Kier alpha value is -2.16. The summed E-state index contributed by atoms with van der Waals surface area (Å²) in [6.07, 6.45) is 3.87. The van der Waals surface area contributed by atoms with E-state index in [-0.39, 0.29) is 5.91 Å². The third kappa shape index (κ3) is 5.26. The standard InChI is InChI=1S/C21H25N5OS2/c27-19(22-11-14-25-12-5-2-6-13-25)16-29-21-24-23-20(18-10-7-15-28-18)26(21)17-8-3-1-4-9-17/h1,3-4,7-10,15H,2,5-6,11-14,16H2,(H,22,27). The minimum Gasteiger partial charge on any atom is -0.354 e. The Labute approximate surface area is 179 Å². The lowest BCUT2D eigenvalue weighted by Gasteiger charge is -2.26. The maximum atomic E-state index is 12.3. The van der Waals surface area contributed by atoms with Gasteiger partial charge in [-0.1, -0.05) is 42.4 Å². The van der Waals surface area contributed by atoms with Gasteiger partial charge in [0, 0.05) is 18.8 Å². The molecule has 29 heavy (non-hydrogen) atoms. The normalized spacial score (nSPS) is 14.8. The van der Waals surface area contributed by atoms with Gasteiger partial charge in [-0.05, 0) is 49.5 Å². The summed E-state index contributed by atoms with van der Waals surface area (Å²) in [7, 11) is 0. The van der Waals surface area contributed by atoms with E-state index in [0.717, 1.165) is 41.2 Å². The summed E-state index contributed by atoms with van der Waals surface area (Å²) >= 11 is 3.05. The Bertz CT molecular complexity index is 905. The molecule has 3 aromatic rings. The van der Waals surface area contributed by atoms with Gasteiger partial charge in [0.2, 0.25) is 5.91 Å². The molecule has 0 saturated carbocycles. The lowest BCUT2D eigenvalue weighted by atomic mass is 10.1. The molecule has 2 aromatic heterocycles. The average molecular weight is 428 g/mol. The molecule has 0 aliphatic carbocycles. The van der Waals surface area contributed by atoms with Crippen molar-refractivity contribution in [1.82, 2.24) is 25.0 Å². The van der Waals surface area contributed by atoms with E-state index in [4.69, 9.17) is 0 Å². The monoisotopic (exact) mass is 427 g/mol. The van der Waals surface area contributed by atoms with E-state index in [0.29, 0.717) is 12.3 Å². The van der Waals surface area contributed by atoms with Crippen LogP contribution in [0.25, 0.3) is 16.4 Å². The minimum atomic E-state index is 0.0345. The summed E-state index contributed by atoms with van der Waals surface area (Å²) in [5, 5.41) is 14.6. The van der Waals surface area contributed by atoms with Gasteiger partial charge in [0.05, 0.1) is 10.6 Å². The first-order chi connectivity index (χ1) is 14.3. The number of rotatable bonds is 8. The molecule has 1 fully saturated rings. The molecule has 0 unspecified atom stereocenters. The van der Waals surface area contributed by atoms with Crippen molar-refractivity contribution in [2.75, 3.05) is 31.9 Å². The topological polar surface area (TPSA) is 63.1 Å². The minimum absolute atomic E-state index is 0.0345. The molecule has 0 atom stereocenters. The predicted octanol–water partition coefficient (Wildman–Crippen LogP) is 3.69.